The van der Waals surface area contributed by atoms with Gasteiger partial charge in [0.15, 0.2) is 0 Å². The van der Waals surface area contributed by atoms with Crippen LogP contribution in [0, 0.1) is 0 Å². The Labute approximate surface area is 143 Å². The summed E-state index contributed by atoms with van der Waals surface area (Å²) < 4.78 is 101. The number of hydrogen-bond acceptors (Lipinski definition) is 11. The zero-order valence-corrected chi connectivity index (χ0v) is 16.3. The maximum atomic E-state index is 11.4. The van der Waals surface area contributed by atoms with E-state index in [0.717, 1.165) is 0 Å². The summed E-state index contributed by atoms with van der Waals surface area (Å²) in [5.41, 5.74) is 0. The average molecular weight is 433 g/mol. The van der Waals surface area contributed by atoms with Gasteiger partial charge in [-0.05, 0) is 19.8 Å². The van der Waals surface area contributed by atoms with Crippen molar-refractivity contribution in [2.75, 3.05) is 24.4 Å². The topological polar surface area (TPSA) is 164 Å². The van der Waals surface area contributed by atoms with Gasteiger partial charge in [-0.1, -0.05) is 12.8 Å². The third-order valence-electron chi connectivity index (χ3n) is 2.22. The highest BCUT2D eigenvalue weighted by molar-refractivity contribution is 7.99. The molecule has 0 rings (SSSR count). The van der Waals surface area contributed by atoms with Gasteiger partial charge in [-0.3, -0.25) is 0 Å². The molecule has 0 aliphatic rings. The van der Waals surface area contributed by atoms with Crippen LogP contribution in [0.3, 0.4) is 0 Å². The van der Waals surface area contributed by atoms with Crippen molar-refractivity contribution in [1.29, 1.82) is 0 Å². The summed E-state index contributed by atoms with van der Waals surface area (Å²) in [6.45, 7) is 1.07. The van der Waals surface area contributed by atoms with Crippen LogP contribution in [0.2, 0.25) is 0 Å². The molecular weight excluding hydrogens is 412 g/mol. The summed E-state index contributed by atoms with van der Waals surface area (Å²) in [5, 5.41) is 0. The standard InChI is InChI=1S/C9H20O11S4/c1-3-18-24(16,17)20-23(14,15)9-7-5-4-6-8-22(12,13)19-21(2,10)11/h3-9H2,1-2H3. The molecule has 146 valence electrons. The number of rotatable bonds is 13. The van der Waals surface area contributed by atoms with Gasteiger partial charge in [-0.25, -0.2) is 4.18 Å². The number of unbranched alkanes of at least 4 members (excludes halogenated alkanes) is 3. The van der Waals surface area contributed by atoms with Crippen molar-refractivity contribution in [2.24, 2.45) is 0 Å². The van der Waals surface area contributed by atoms with Crippen LogP contribution in [0.15, 0.2) is 0 Å². The Balaban J connectivity index is 4.15. The SMILES string of the molecule is CCOS(=O)(=O)OS(=O)(=O)CCCCCCS(=O)(=O)OS(C)(=O)=O. The lowest BCUT2D eigenvalue weighted by Crippen LogP contribution is -2.18. The average Bonchev–Trinajstić information content (AvgIpc) is 2.28. The zero-order valence-electron chi connectivity index (χ0n) is 13.1. The normalized spacial score (nSPS) is 13.9. The molecule has 0 saturated carbocycles. The molecule has 0 spiro atoms. The molecule has 0 N–H and O–H groups in total. The second-order valence-electron chi connectivity index (χ2n) is 4.59. The van der Waals surface area contributed by atoms with Crippen LogP contribution in [-0.4, -0.2) is 58.0 Å². The van der Waals surface area contributed by atoms with E-state index in [0.29, 0.717) is 6.26 Å². The highest BCUT2D eigenvalue weighted by atomic mass is 32.3. The van der Waals surface area contributed by atoms with Gasteiger partial charge in [0.25, 0.3) is 30.4 Å². The summed E-state index contributed by atoms with van der Waals surface area (Å²) in [5.74, 6) is -1.13. The molecule has 0 unspecified atom stereocenters. The minimum Gasteiger partial charge on any atom is -0.248 e. The molecule has 0 fully saturated rings. The lowest BCUT2D eigenvalue weighted by Gasteiger charge is -2.05. The Kier molecular flexibility index (Phi) is 9.27. The molecule has 11 nitrogen and oxygen atoms in total. The van der Waals surface area contributed by atoms with E-state index in [1.807, 2.05) is 0 Å². The quantitative estimate of drug-likeness (QED) is 0.344. The van der Waals surface area contributed by atoms with Crippen LogP contribution in [0.1, 0.15) is 32.6 Å². The van der Waals surface area contributed by atoms with Crippen LogP contribution in [0.5, 0.6) is 0 Å². The van der Waals surface area contributed by atoms with E-state index in [4.69, 9.17) is 0 Å². The van der Waals surface area contributed by atoms with Gasteiger partial charge >= 0.3 is 10.4 Å². The third-order valence-corrected chi connectivity index (χ3v) is 7.63. The maximum Gasteiger partial charge on any atom is 0.414 e. The fourth-order valence-electron chi connectivity index (χ4n) is 1.46. The molecule has 0 radical (unpaired) electrons. The van der Waals surface area contributed by atoms with Gasteiger partial charge in [-0.2, -0.15) is 33.7 Å². The lowest BCUT2D eigenvalue weighted by atomic mass is 10.2. The predicted molar refractivity (Wildman–Crippen MR) is 83.6 cm³/mol. The predicted octanol–water partition coefficient (Wildman–Crippen LogP) is -0.519. The second-order valence-corrected chi connectivity index (χ2v) is 11.2. The molecule has 0 aliphatic carbocycles. The highest BCUT2D eigenvalue weighted by Gasteiger charge is 2.23. The molecule has 24 heavy (non-hydrogen) atoms. The van der Waals surface area contributed by atoms with Crippen molar-refractivity contribution < 1.29 is 45.1 Å². The Morgan fingerprint density at radius 1 is 0.667 bits per heavy atom. The Bertz CT molecular complexity index is 790. The van der Waals surface area contributed by atoms with E-state index in [2.05, 4.69) is 11.4 Å². The largest absolute Gasteiger partial charge is 0.414 e. The van der Waals surface area contributed by atoms with Crippen molar-refractivity contribution in [3.05, 3.63) is 0 Å². The summed E-state index contributed by atoms with van der Waals surface area (Å²) in [6.07, 6.45) is 1.20. The van der Waals surface area contributed by atoms with E-state index in [9.17, 15) is 33.7 Å². The summed E-state index contributed by atoms with van der Waals surface area (Å²) in [7, 11) is -17.3. The van der Waals surface area contributed by atoms with E-state index in [1.54, 1.807) is 0 Å². The minimum atomic E-state index is -4.61. The molecular formula is C9H20O11S4. The number of hydrogen-bond donors (Lipinski definition) is 0. The monoisotopic (exact) mass is 432 g/mol. The summed E-state index contributed by atoms with van der Waals surface area (Å²) >= 11 is 0. The van der Waals surface area contributed by atoms with E-state index >= 15 is 0 Å². The van der Waals surface area contributed by atoms with Crippen molar-refractivity contribution in [3.8, 4) is 0 Å². The summed E-state index contributed by atoms with van der Waals surface area (Å²) in [6, 6.07) is 0. The first-order valence-electron chi connectivity index (χ1n) is 6.65. The first-order chi connectivity index (χ1) is 10.7. The van der Waals surface area contributed by atoms with E-state index in [-0.39, 0.29) is 32.3 Å². The molecule has 0 saturated heterocycles. The Morgan fingerprint density at radius 3 is 1.46 bits per heavy atom. The van der Waals surface area contributed by atoms with Gasteiger partial charge in [0.05, 0.1) is 24.4 Å². The van der Waals surface area contributed by atoms with Gasteiger partial charge < -0.3 is 0 Å². The van der Waals surface area contributed by atoms with Gasteiger partial charge in [-0.15, -0.1) is 7.26 Å². The molecule has 0 aromatic carbocycles. The zero-order chi connectivity index (χ0) is 19.1. The molecule has 0 aromatic heterocycles. The minimum absolute atomic E-state index is 0.0248. The van der Waals surface area contributed by atoms with Crippen LogP contribution >= 0.6 is 0 Å². The molecule has 0 aliphatic heterocycles. The molecule has 0 bridgehead atoms. The fourth-order valence-corrected chi connectivity index (χ4v) is 6.09. The van der Waals surface area contributed by atoms with Crippen molar-refractivity contribution >= 4 is 40.8 Å². The summed E-state index contributed by atoms with van der Waals surface area (Å²) in [4.78, 5) is 0. The maximum absolute atomic E-state index is 11.4. The highest BCUT2D eigenvalue weighted by Crippen LogP contribution is 2.10. The molecule has 15 heteroatoms. The van der Waals surface area contributed by atoms with Crippen LogP contribution in [0.4, 0.5) is 0 Å². The molecule has 0 aromatic rings. The van der Waals surface area contributed by atoms with Crippen LogP contribution in [0.25, 0.3) is 0 Å². The van der Waals surface area contributed by atoms with E-state index < -0.39 is 52.3 Å². The van der Waals surface area contributed by atoms with Crippen LogP contribution in [-0.2, 0) is 52.2 Å². The Hall–Kier alpha value is -0.320. The molecule has 0 heterocycles. The van der Waals surface area contributed by atoms with E-state index in [1.165, 1.54) is 6.92 Å². The van der Waals surface area contributed by atoms with Gasteiger partial charge in [0.2, 0.25) is 0 Å². The first kappa shape index (κ1) is 23.7. The first-order valence-corrected chi connectivity index (χ1v) is 13.0. The van der Waals surface area contributed by atoms with Crippen molar-refractivity contribution in [3.63, 3.8) is 0 Å². The van der Waals surface area contributed by atoms with Crippen molar-refractivity contribution in [2.45, 2.75) is 32.6 Å². The fraction of sp³-hybridized carbons (Fsp3) is 1.00. The Morgan fingerprint density at radius 2 is 1.08 bits per heavy atom. The smallest absolute Gasteiger partial charge is 0.248 e. The van der Waals surface area contributed by atoms with Crippen molar-refractivity contribution in [1.82, 2.24) is 0 Å². The lowest BCUT2D eigenvalue weighted by molar-refractivity contribution is 0.289. The van der Waals surface area contributed by atoms with Gasteiger partial charge in [0, 0.05) is 0 Å². The molecule has 0 amide bonds. The van der Waals surface area contributed by atoms with Crippen LogP contribution < -0.4 is 0 Å². The molecule has 0 atom stereocenters. The van der Waals surface area contributed by atoms with Gasteiger partial charge in [0.1, 0.15) is 0 Å². The second kappa shape index (κ2) is 9.40. The third kappa shape index (κ3) is 13.0.